The lowest BCUT2D eigenvalue weighted by atomic mass is 9.89. The number of primary amides is 1. The van der Waals surface area contributed by atoms with Crippen LogP contribution in [-0.2, 0) is 64.7 Å². The predicted molar refractivity (Wildman–Crippen MR) is 254 cm³/mol. The van der Waals surface area contributed by atoms with Crippen LogP contribution in [0.3, 0.4) is 0 Å². The molecule has 20 heteroatoms. The topological polar surface area (TPSA) is 279 Å². The third kappa shape index (κ3) is 21.9. The van der Waals surface area contributed by atoms with E-state index in [0.29, 0.717) is 44.7 Å². The van der Waals surface area contributed by atoms with E-state index in [0.717, 1.165) is 51.4 Å². The highest BCUT2D eigenvalue weighted by molar-refractivity contribution is 7.47. The number of H-pyrrole nitrogens is 1. The van der Waals surface area contributed by atoms with Crippen LogP contribution in [0.15, 0.2) is 42.9 Å². The summed E-state index contributed by atoms with van der Waals surface area (Å²) in [7, 11) is -3.13. The second-order valence-corrected chi connectivity index (χ2v) is 19.4. The number of nitrogens with two attached hydrogens (primary N) is 1. The molecular formula is C48H77N6O13P. The summed E-state index contributed by atoms with van der Waals surface area (Å²) < 4.78 is 33.6. The van der Waals surface area contributed by atoms with E-state index in [1.165, 1.54) is 29.9 Å². The number of aliphatic hydroxyl groups is 1. The first-order chi connectivity index (χ1) is 32.5. The normalized spacial score (nSPS) is 16.9. The van der Waals surface area contributed by atoms with E-state index >= 15 is 0 Å². The quantitative estimate of drug-likeness (QED) is 0.0401. The summed E-state index contributed by atoms with van der Waals surface area (Å²) in [4.78, 5) is 99.7. The van der Waals surface area contributed by atoms with Crippen molar-refractivity contribution in [2.75, 3.05) is 46.7 Å². The number of Topliss-reactive ketones (excluding diaryl/α,β-unsaturated/α-hetero) is 2. The molecule has 0 radical (unpaired) electrons. The average Bonchev–Trinajstić information content (AvgIpc) is 4.02. The molecule has 0 saturated carbocycles. The van der Waals surface area contributed by atoms with Gasteiger partial charge in [-0.15, -0.1) is 0 Å². The van der Waals surface area contributed by atoms with Crippen molar-refractivity contribution in [3.63, 3.8) is 0 Å². The fraction of sp³-hybridized carbons (Fsp3) is 0.688. The van der Waals surface area contributed by atoms with Gasteiger partial charge >= 0.3 is 7.82 Å². The first-order valence-electron chi connectivity index (χ1n) is 24.1. The standard InChI is InChI=1S/C48H77N6O13P/c1-34(2)27-40(52-48(61)42-20-16-22-54(42)45(58)21-24-65-26-25-64-4)43(56)29-37(28-38-31-50-33-51-38)47(60)53-41(32-55)44(57)30-39(46(49)59)35(3)67-68(62,63)66-23-15-10-8-6-5-7-9-12-17-36-18-13-11-14-19-36/h11,13-14,18-19,31,33-35,37,39-42,55H,5-10,12,15-17,20-30,32H2,1-4H3,(H2,49,59)(H,50,51)(H,52,61)(H,53,60)(H,62,63)/t35-,37-,39+,40+,41+,42+/m1/s1. The van der Waals surface area contributed by atoms with Gasteiger partial charge < -0.3 is 45.7 Å². The molecule has 1 aromatic carbocycles. The Hall–Kier alpha value is -4.36. The number of phosphoric acid groups is 1. The predicted octanol–water partition coefficient (Wildman–Crippen LogP) is 4.53. The number of aryl methyl sites for hydroxylation is 1. The van der Waals surface area contributed by atoms with Gasteiger partial charge in [-0.2, -0.15) is 0 Å². The SMILES string of the molecule is COCCOCCC(=O)N1CCC[C@H]1C(=O)N[C@@H](CC(C)C)C(=O)C[C@@H](Cc1cnc[nH]1)C(=O)N[C@@H](CO)C(=O)C[C@H](C(N)=O)[C@@H](C)OP(=O)(O)OCCCCCCCCCCc1ccccc1. The van der Waals surface area contributed by atoms with E-state index in [1.807, 2.05) is 19.9 Å². The Morgan fingerprint density at radius 3 is 2.21 bits per heavy atom. The van der Waals surface area contributed by atoms with Gasteiger partial charge in [0, 0.05) is 44.8 Å². The summed E-state index contributed by atoms with van der Waals surface area (Å²) >= 11 is 0. The minimum Gasteiger partial charge on any atom is -0.394 e. The van der Waals surface area contributed by atoms with Crippen LogP contribution in [0.4, 0.5) is 0 Å². The number of aromatic nitrogens is 2. The fourth-order valence-corrected chi connectivity index (χ4v) is 9.19. The molecule has 0 spiro atoms. The van der Waals surface area contributed by atoms with Gasteiger partial charge in [0.05, 0.1) is 69.8 Å². The summed E-state index contributed by atoms with van der Waals surface area (Å²) in [6.45, 7) is 5.38. The van der Waals surface area contributed by atoms with E-state index in [1.54, 1.807) is 7.11 Å². The number of imidazole rings is 1. The fourth-order valence-electron chi connectivity index (χ4n) is 8.20. The Labute approximate surface area is 401 Å². The molecule has 7 N–H and O–H groups in total. The summed E-state index contributed by atoms with van der Waals surface area (Å²) in [5, 5.41) is 15.6. The van der Waals surface area contributed by atoms with Crippen molar-refractivity contribution in [1.82, 2.24) is 25.5 Å². The lowest BCUT2D eigenvalue weighted by molar-refractivity contribution is -0.140. The summed E-state index contributed by atoms with van der Waals surface area (Å²) in [5.41, 5.74) is 7.46. The van der Waals surface area contributed by atoms with E-state index in [2.05, 4.69) is 44.9 Å². The van der Waals surface area contributed by atoms with Crippen LogP contribution >= 0.6 is 7.82 Å². The number of rotatable bonds is 37. The maximum atomic E-state index is 14.1. The number of unbranched alkanes of at least 4 members (excludes halogenated alkanes) is 7. The molecule has 7 atom stereocenters. The Bertz CT molecular complexity index is 1870. The minimum atomic E-state index is -4.67. The molecule has 1 saturated heterocycles. The van der Waals surface area contributed by atoms with Crippen molar-refractivity contribution in [1.29, 1.82) is 0 Å². The molecule has 2 aromatic rings. The smallest absolute Gasteiger partial charge is 0.394 e. The van der Waals surface area contributed by atoms with Gasteiger partial charge in [0.25, 0.3) is 0 Å². The zero-order valence-corrected chi connectivity index (χ0v) is 41.3. The van der Waals surface area contributed by atoms with Crippen molar-refractivity contribution >= 4 is 43.0 Å². The number of amides is 4. The number of aromatic amines is 1. The maximum absolute atomic E-state index is 14.1. The summed E-state index contributed by atoms with van der Waals surface area (Å²) in [6.07, 6.45) is 10.7. The molecular weight excluding hydrogens is 900 g/mol. The zero-order valence-electron chi connectivity index (χ0n) is 40.4. The Morgan fingerprint density at radius 2 is 1.57 bits per heavy atom. The highest BCUT2D eigenvalue weighted by Gasteiger charge is 2.38. The second-order valence-electron chi connectivity index (χ2n) is 18.0. The van der Waals surface area contributed by atoms with Crippen molar-refractivity contribution in [3.05, 3.63) is 54.1 Å². The number of nitrogens with one attached hydrogen (secondary N) is 3. The van der Waals surface area contributed by atoms with Gasteiger partial charge in [0.1, 0.15) is 12.1 Å². The van der Waals surface area contributed by atoms with Gasteiger partial charge in [-0.25, -0.2) is 9.55 Å². The molecule has 2 heterocycles. The lowest BCUT2D eigenvalue weighted by Gasteiger charge is -2.28. The number of benzene rings is 1. The average molecular weight is 977 g/mol. The number of likely N-dealkylation sites (tertiary alicyclic amines) is 1. The maximum Gasteiger partial charge on any atom is 0.472 e. The number of ether oxygens (including phenoxy) is 2. The summed E-state index contributed by atoms with van der Waals surface area (Å²) in [5.74, 6) is -6.40. The van der Waals surface area contributed by atoms with Crippen LogP contribution < -0.4 is 16.4 Å². The number of nitrogens with zero attached hydrogens (tertiary/aromatic N) is 2. The third-order valence-corrected chi connectivity index (χ3v) is 13.1. The van der Waals surface area contributed by atoms with Crippen LogP contribution in [0, 0.1) is 17.8 Å². The number of methoxy groups -OCH3 is 1. The molecule has 1 aliphatic rings. The molecule has 68 heavy (non-hydrogen) atoms. The molecule has 1 aliphatic heterocycles. The van der Waals surface area contributed by atoms with Crippen molar-refractivity contribution in [2.45, 2.75) is 148 Å². The molecule has 19 nitrogen and oxygen atoms in total. The van der Waals surface area contributed by atoms with E-state index in [4.69, 9.17) is 24.3 Å². The van der Waals surface area contributed by atoms with Crippen LogP contribution in [0.2, 0.25) is 0 Å². The first-order valence-corrected chi connectivity index (χ1v) is 25.6. The third-order valence-electron chi connectivity index (χ3n) is 12.0. The molecule has 0 bridgehead atoms. The molecule has 1 unspecified atom stereocenters. The number of hydrogen-bond donors (Lipinski definition) is 6. The van der Waals surface area contributed by atoms with Crippen molar-refractivity contribution < 1.29 is 61.9 Å². The number of ketones is 2. The number of hydrogen-bond acceptors (Lipinski definition) is 13. The monoisotopic (exact) mass is 977 g/mol. The highest BCUT2D eigenvalue weighted by Crippen LogP contribution is 2.46. The van der Waals surface area contributed by atoms with Gasteiger partial charge in [0.2, 0.25) is 23.6 Å². The lowest BCUT2D eigenvalue weighted by Crippen LogP contribution is -2.52. The van der Waals surface area contributed by atoms with Crippen LogP contribution in [0.5, 0.6) is 0 Å². The van der Waals surface area contributed by atoms with Crippen molar-refractivity contribution in [3.8, 4) is 0 Å². The zero-order chi connectivity index (χ0) is 49.9. The largest absolute Gasteiger partial charge is 0.472 e. The number of aliphatic hydroxyl groups excluding tert-OH is 1. The van der Waals surface area contributed by atoms with E-state index < -0.39 is 86.2 Å². The molecule has 1 aromatic heterocycles. The molecule has 3 rings (SSSR count). The minimum absolute atomic E-state index is 0.0280. The van der Waals surface area contributed by atoms with E-state index in [-0.39, 0.29) is 50.7 Å². The molecule has 0 aliphatic carbocycles. The number of carbonyl (C=O) groups excluding carboxylic acids is 6. The molecule has 4 amide bonds. The second kappa shape index (κ2) is 31.7. The number of phosphoric ester groups is 1. The molecule has 1 fully saturated rings. The molecule has 382 valence electrons. The summed E-state index contributed by atoms with van der Waals surface area (Å²) in [6, 6.07) is 7.06. The van der Waals surface area contributed by atoms with Crippen LogP contribution in [0.1, 0.15) is 122 Å². The Balaban J connectivity index is 1.54. The van der Waals surface area contributed by atoms with Gasteiger partial charge in [0.15, 0.2) is 11.6 Å². The van der Waals surface area contributed by atoms with Crippen molar-refractivity contribution in [2.24, 2.45) is 23.5 Å². The first kappa shape index (κ1) is 58.0. The van der Waals surface area contributed by atoms with Gasteiger partial charge in [-0.3, -0.25) is 37.8 Å². The van der Waals surface area contributed by atoms with Gasteiger partial charge in [-0.1, -0.05) is 82.7 Å². The number of carbonyl (C=O) groups is 6. The Kier molecular flexibility index (Phi) is 27.0. The van der Waals surface area contributed by atoms with Crippen LogP contribution in [-0.4, -0.2) is 131 Å². The van der Waals surface area contributed by atoms with Gasteiger partial charge in [-0.05, 0) is 56.9 Å². The van der Waals surface area contributed by atoms with E-state index in [9.17, 15) is 43.3 Å². The Morgan fingerprint density at radius 1 is 0.897 bits per heavy atom. The highest BCUT2D eigenvalue weighted by atomic mass is 31.2. The van der Waals surface area contributed by atoms with Crippen LogP contribution in [0.25, 0.3) is 0 Å².